The van der Waals surface area contributed by atoms with Crippen molar-refractivity contribution in [3.63, 3.8) is 0 Å². The molecule has 2 fully saturated rings. The molecule has 19 heavy (non-hydrogen) atoms. The van der Waals surface area contributed by atoms with Crippen LogP contribution in [0.5, 0.6) is 0 Å². The zero-order valence-corrected chi connectivity index (χ0v) is 12.5. The van der Waals surface area contributed by atoms with Gasteiger partial charge in [0.2, 0.25) is 11.8 Å². The van der Waals surface area contributed by atoms with Crippen LogP contribution >= 0.6 is 0 Å². The first-order chi connectivity index (χ1) is 8.86. The second-order valence-electron chi connectivity index (χ2n) is 6.98. The van der Waals surface area contributed by atoms with Crippen molar-refractivity contribution in [2.45, 2.75) is 65.5 Å². The van der Waals surface area contributed by atoms with Gasteiger partial charge in [-0.05, 0) is 30.6 Å². The quantitative estimate of drug-likeness (QED) is 0.845. The molecule has 2 atom stereocenters. The summed E-state index contributed by atoms with van der Waals surface area (Å²) in [4.78, 5) is 26.9. The lowest BCUT2D eigenvalue weighted by Gasteiger charge is -2.45. The first-order valence-electron chi connectivity index (χ1n) is 7.47. The molecule has 0 radical (unpaired) electrons. The Hall–Kier alpha value is -1.06. The van der Waals surface area contributed by atoms with Gasteiger partial charge in [0.25, 0.3) is 0 Å². The zero-order chi connectivity index (χ0) is 14.2. The van der Waals surface area contributed by atoms with E-state index in [2.05, 4.69) is 12.2 Å². The van der Waals surface area contributed by atoms with Crippen molar-refractivity contribution in [1.82, 2.24) is 10.2 Å². The number of hydrogen-bond acceptors (Lipinski definition) is 2. The largest absolute Gasteiger partial charge is 0.342 e. The maximum absolute atomic E-state index is 12.6. The van der Waals surface area contributed by atoms with Crippen molar-refractivity contribution in [3.05, 3.63) is 0 Å². The molecule has 2 unspecified atom stereocenters. The zero-order valence-electron chi connectivity index (χ0n) is 12.5. The Morgan fingerprint density at radius 1 is 1.26 bits per heavy atom. The van der Waals surface area contributed by atoms with E-state index in [0.717, 1.165) is 25.7 Å². The Morgan fingerprint density at radius 3 is 2.37 bits per heavy atom. The van der Waals surface area contributed by atoms with Gasteiger partial charge >= 0.3 is 0 Å². The lowest BCUT2D eigenvalue weighted by Crippen LogP contribution is -2.67. The summed E-state index contributed by atoms with van der Waals surface area (Å²) in [6.45, 7) is 8.90. The maximum Gasteiger partial charge on any atom is 0.246 e. The Bertz CT molecular complexity index is 369. The Kier molecular flexibility index (Phi) is 3.88. The number of amides is 2. The fraction of sp³-hybridized carbons (Fsp3) is 0.867. The third kappa shape index (κ3) is 2.93. The highest BCUT2D eigenvalue weighted by Gasteiger charge is 2.49. The van der Waals surface area contributed by atoms with Crippen LogP contribution in [0.25, 0.3) is 0 Å². The highest BCUT2D eigenvalue weighted by molar-refractivity contribution is 5.97. The standard InChI is InChI=1S/C15H26N2O2/c1-5-6-9-17-12(15(2,3)4)13(18)16-11(14(17)19)10-7-8-10/h10-12H,5-9H2,1-4H3,(H,16,18). The van der Waals surface area contributed by atoms with E-state index in [1.165, 1.54) is 0 Å². The molecule has 1 aliphatic heterocycles. The van der Waals surface area contributed by atoms with Crippen LogP contribution in [0.15, 0.2) is 0 Å². The van der Waals surface area contributed by atoms with Gasteiger partial charge in [-0.25, -0.2) is 0 Å². The van der Waals surface area contributed by atoms with E-state index in [1.54, 1.807) is 0 Å². The summed E-state index contributed by atoms with van der Waals surface area (Å²) < 4.78 is 0. The van der Waals surface area contributed by atoms with E-state index in [4.69, 9.17) is 0 Å². The lowest BCUT2D eigenvalue weighted by molar-refractivity contribution is -0.154. The van der Waals surface area contributed by atoms with Crippen molar-refractivity contribution >= 4 is 11.8 Å². The number of carbonyl (C=O) groups excluding carboxylic acids is 2. The lowest BCUT2D eigenvalue weighted by atomic mass is 9.82. The van der Waals surface area contributed by atoms with Crippen molar-refractivity contribution in [3.8, 4) is 0 Å². The molecule has 2 rings (SSSR count). The fourth-order valence-electron chi connectivity index (χ4n) is 2.92. The van der Waals surface area contributed by atoms with E-state index < -0.39 is 0 Å². The number of rotatable bonds is 4. The van der Waals surface area contributed by atoms with Gasteiger partial charge in [0.15, 0.2) is 0 Å². The van der Waals surface area contributed by atoms with Gasteiger partial charge in [-0.3, -0.25) is 9.59 Å². The molecule has 0 aromatic carbocycles. The van der Waals surface area contributed by atoms with E-state index in [0.29, 0.717) is 12.5 Å². The van der Waals surface area contributed by atoms with Crippen LogP contribution in [0.1, 0.15) is 53.4 Å². The highest BCUT2D eigenvalue weighted by atomic mass is 16.2. The topological polar surface area (TPSA) is 49.4 Å². The van der Waals surface area contributed by atoms with E-state index >= 15 is 0 Å². The minimum Gasteiger partial charge on any atom is -0.342 e. The molecule has 0 bridgehead atoms. The molecule has 1 saturated heterocycles. The third-order valence-corrected chi connectivity index (χ3v) is 4.07. The van der Waals surface area contributed by atoms with Gasteiger partial charge in [-0.1, -0.05) is 34.1 Å². The number of unbranched alkanes of at least 4 members (excludes halogenated alkanes) is 1. The smallest absolute Gasteiger partial charge is 0.246 e. The summed E-state index contributed by atoms with van der Waals surface area (Å²) in [5.41, 5.74) is -0.220. The number of hydrogen-bond donors (Lipinski definition) is 1. The van der Waals surface area contributed by atoms with Gasteiger partial charge in [-0.15, -0.1) is 0 Å². The predicted molar refractivity (Wildman–Crippen MR) is 74.5 cm³/mol. The second kappa shape index (κ2) is 5.14. The fourth-order valence-corrected chi connectivity index (χ4v) is 2.92. The van der Waals surface area contributed by atoms with Gasteiger partial charge in [0.1, 0.15) is 12.1 Å². The van der Waals surface area contributed by atoms with Crippen molar-refractivity contribution in [1.29, 1.82) is 0 Å². The molecular formula is C15H26N2O2. The molecule has 108 valence electrons. The predicted octanol–water partition coefficient (Wildman–Crippen LogP) is 1.94. The van der Waals surface area contributed by atoms with Gasteiger partial charge in [0.05, 0.1) is 0 Å². The monoisotopic (exact) mass is 266 g/mol. The van der Waals surface area contributed by atoms with Crippen molar-refractivity contribution in [2.24, 2.45) is 11.3 Å². The molecule has 4 heteroatoms. The average Bonchev–Trinajstić information content (AvgIpc) is 3.11. The molecular weight excluding hydrogens is 240 g/mol. The number of nitrogens with zero attached hydrogens (tertiary/aromatic N) is 1. The van der Waals surface area contributed by atoms with Crippen LogP contribution in [0, 0.1) is 11.3 Å². The summed E-state index contributed by atoms with van der Waals surface area (Å²) >= 11 is 0. The van der Waals surface area contributed by atoms with Crippen LogP contribution in [-0.2, 0) is 9.59 Å². The summed E-state index contributed by atoms with van der Waals surface area (Å²) in [6.07, 6.45) is 4.14. The molecule has 1 aliphatic carbocycles. The van der Waals surface area contributed by atoms with E-state index in [-0.39, 0.29) is 29.3 Å². The molecule has 2 amide bonds. The van der Waals surface area contributed by atoms with Crippen molar-refractivity contribution < 1.29 is 9.59 Å². The normalized spacial score (nSPS) is 28.5. The van der Waals surface area contributed by atoms with Crippen LogP contribution in [-0.4, -0.2) is 35.3 Å². The van der Waals surface area contributed by atoms with Crippen LogP contribution in [0.3, 0.4) is 0 Å². The molecule has 1 saturated carbocycles. The van der Waals surface area contributed by atoms with Crippen LogP contribution in [0.2, 0.25) is 0 Å². The summed E-state index contributed by atoms with van der Waals surface area (Å²) in [6, 6.07) is -0.593. The minimum atomic E-state index is -0.332. The molecule has 0 aromatic heterocycles. The van der Waals surface area contributed by atoms with Crippen LogP contribution < -0.4 is 5.32 Å². The summed E-state index contributed by atoms with van der Waals surface area (Å²) in [7, 11) is 0. The van der Waals surface area contributed by atoms with Gasteiger partial charge < -0.3 is 10.2 Å². The van der Waals surface area contributed by atoms with E-state index in [9.17, 15) is 9.59 Å². The van der Waals surface area contributed by atoms with Gasteiger partial charge in [0, 0.05) is 6.54 Å². The molecule has 4 nitrogen and oxygen atoms in total. The van der Waals surface area contributed by atoms with Crippen molar-refractivity contribution in [2.75, 3.05) is 6.54 Å². The Balaban J connectivity index is 2.21. The summed E-state index contributed by atoms with van der Waals surface area (Å²) in [5.74, 6) is 0.539. The SMILES string of the molecule is CCCCN1C(=O)C(C2CC2)NC(=O)C1C(C)(C)C. The first-order valence-corrected chi connectivity index (χ1v) is 7.47. The Labute approximate surface area is 115 Å². The molecule has 0 spiro atoms. The second-order valence-corrected chi connectivity index (χ2v) is 6.98. The van der Waals surface area contributed by atoms with Gasteiger partial charge in [-0.2, -0.15) is 0 Å². The highest BCUT2D eigenvalue weighted by Crippen LogP contribution is 2.37. The minimum absolute atomic E-state index is 0.0279. The summed E-state index contributed by atoms with van der Waals surface area (Å²) in [5, 5.41) is 2.96. The maximum atomic E-state index is 12.6. The first kappa shape index (κ1) is 14.4. The van der Waals surface area contributed by atoms with Crippen LogP contribution in [0.4, 0.5) is 0 Å². The Morgan fingerprint density at radius 2 is 1.89 bits per heavy atom. The third-order valence-electron chi connectivity index (χ3n) is 4.07. The van der Waals surface area contributed by atoms with E-state index in [1.807, 2.05) is 25.7 Å². The number of piperazine rings is 1. The molecule has 1 heterocycles. The average molecular weight is 266 g/mol. The molecule has 0 aromatic rings. The number of nitrogens with one attached hydrogen (secondary N) is 1. The number of carbonyl (C=O) groups is 2. The molecule has 2 aliphatic rings. The molecule has 1 N–H and O–H groups in total.